The van der Waals surface area contributed by atoms with Gasteiger partial charge in [-0.15, -0.1) is 5.26 Å². The predicted molar refractivity (Wildman–Crippen MR) is 39.9 cm³/mol. The Morgan fingerprint density at radius 1 is 1.42 bits per heavy atom. The van der Waals surface area contributed by atoms with Crippen molar-refractivity contribution < 1.29 is 13.5 Å². The summed E-state index contributed by atoms with van der Waals surface area (Å²) in [5.41, 5.74) is 0. The summed E-state index contributed by atoms with van der Waals surface area (Å²) in [5.74, 6) is 0.326. The predicted octanol–water partition coefficient (Wildman–Crippen LogP) is 0.784. The second-order valence-electron chi connectivity index (χ2n) is 1.90. The molecule has 5 heteroatoms. The van der Waals surface area contributed by atoms with Crippen LogP contribution in [0.25, 0.3) is 0 Å². The number of nitriles is 1. The van der Waals surface area contributed by atoms with E-state index in [2.05, 4.69) is 4.74 Å². The van der Waals surface area contributed by atoms with Crippen molar-refractivity contribution in [3.63, 3.8) is 0 Å². The lowest BCUT2D eigenvalue weighted by atomic mass is 10.3. The average molecular weight is 182 g/mol. The van der Waals surface area contributed by atoms with Crippen LogP contribution in [-0.2, 0) is 11.1 Å². The first-order valence-electron chi connectivity index (χ1n) is 2.99. The van der Waals surface area contributed by atoms with Crippen molar-refractivity contribution in [1.29, 1.82) is 5.26 Å². The zero-order valence-corrected chi connectivity index (χ0v) is 6.71. The van der Waals surface area contributed by atoms with Gasteiger partial charge in [-0.3, -0.25) is 4.21 Å². The maximum absolute atomic E-state index is 10.4. The van der Waals surface area contributed by atoms with Crippen molar-refractivity contribution in [3.05, 3.63) is 24.3 Å². The van der Waals surface area contributed by atoms with Crippen molar-refractivity contribution >= 4 is 11.1 Å². The third kappa shape index (κ3) is 2.05. The molecule has 62 valence electrons. The fourth-order valence-corrected chi connectivity index (χ4v) is 1.03. The van der Waals surface area contributed by atoms with Gasteiger partial charge in [0.2, 0.25) is 0 Å². The van der Waals surface area contributed by atoms with Crippen molar-refractivity contribution in [1.82, 2.24) is 0 Å². The van der Waals surface area contributed by atoms with Crippen molar-refractivity contribution in [2.75, 3.05) is 0 Å². The number of hydrogen-bond donors (Lipinski definition) is 0. The molecule has 1 atom stereocenters. The average Bonchev–Trinajstić information content (AvgIpc) is 2.06. The van der Waals surface area contributed by atoms with E-state index < -0.39 is 11.1 Å². The van der Waals surface area contributed by atoms with Crippen LogP contribution in [0, 0.1) is 11.5 Å². The number of benzene rings is 1. The van der Waals surface area contributed by atoms with E-state index >= 15 is 0 Å². The Bertz CT molecular complexity index is 327. The van der Waals surface area contributed by atoms with Crippen LogP contribution in [0.2, 0.25) is 0 Å². The van der Waals surface area contributed by atoms with Gasteiger partial charge in [0, 0.05) is 4.90 Å². The maximum Gasteiger partial charge on any atom is 0.292 e. The summed E-state index contributed by atoms with van der Waals surface area (Å²) in [6.45, 7) is 0. The number of nitrogens with zero attached hydrogens (tertiary/aromatic N) is 1. The Balaban J connectivity index is 2.87. The minimum absolute atomic E-state index is 0.167. The van der Waals surface area contributed by atoms with Crippen molar-refractivity contribution in [2.24, 2.45) is 0 Å². The van der Waals surface area contributed by atoms with Gasteiger partial charge < -0.3 is 9.29 Å². The van der Waals surface area contributed by atoms with Gasteiger partial charge in [-0.05, 0) is 35.3 Å². The van der Waals surface area contributed by atoms with Crippen LogP contribution in [0.4, 0.5) is 0 Å². The molecule has 0 bridgehead atoms. The van der Waals surface area contributed by atoms with E-state index in [1.165, 1.54) is 30.5 Å². The Labute approximate surface area is 71.7 Å². The molecule has 12 heavy (non-hydrogen) atoms. The summed E-state index contributed by atoms with van der Waals surface area (Å²) in [5, 5.41) is 8.10. The highest BCUT2D eigenvalue weighted by atomic mass is 32.2. The van der Waals surface area contributed by atoms with Crippen LogP contribution < -0.4 is 4.74 Å². The Hall–Kier alpha value is -1.38. The zero-order valence-electron chi connectivity index (χ0n) is 5.89. The largest absolute Gasteiger partial charge is 0.768 e. The second kappa shape index (κ2) is 3.85. The maximum atomic E-state index is 10.4. The standard InChI is InChI=1S/C7H5NO3S/c8-5-11-6-1-3-7(4-2-6)12(9)10/h1-4H,(H,9,10)/p-1. The first-order valence-corrected chi connectivity index (χ1v) is 4.07. The molecular weight excluding hydrogens is 178 g/mol. The fraction of sp³-hybridized carbons (Fsp3) is 0. The lowest BCUT2D eigenvalue weighted by molar-refractivity contribution is 0.506. The smallest absolute Gasteiger partial charge is 0.292 e. The highest BCUT2D eigenvalue weighted by Gasteiger charge is 1.93. The summed E-state index contributed by atoms with van der Waals surface area (Å²) in [6, 6.07) is 5.54. The molecule has 1 rings (SSSR count). The molecule has 1 unspecified atom stereocenters. The summed E-state index contributed by atoms with van der Waals surface area (Å²) < 4.78 is 25.2. The van der Waals surface area contributed by atoms with Crippen molar-refractivity contribution in [2.45, 2.75) is 4.90 Å². The highest BCUT2D eigenvalue weighted by molar-refractivity contribution is 7.79. The Morgan fingerprint density at radius 2 is 2.00 bits per heavy atom. The van der Waals surface area contributed by atoms with Crippen LogP contribution in [0.3, 0.4) is 0 Å². The SMILES string of the molecule is N#COc1ccc(S(=O)[O-])cc1. The van der Waals surface area contributed by atoms with Gasteiger partial charge in [0.15, 0.2) is 0 Å². The van der Waals surface area contributed by atoms with Crippen molar-refractivity contribution in [3.8, 4) is 12.0 Å². The Kier molecular flexibility index (Phi) is 2.80. The zero-order chi connectivity index (χ0) is 8.97. The van der Waals surface area contributed by atoms with Gasteiger partial charge >= 0.3 is 0 Å². The molecule has 0 fully saturated rings. The topological polar surface area (TPSA) is 73.1 Å². The highest BCUT2D eigenvalue weighted by Crippen LogP contribution is 2.13. The van der Waals surface area contributed by atoms with Gasteiger partial charge in [0.05, 0.1) is 0 Å². The molecule has 0 amide bonds. The lowest BCUT2D eigenvalue weighted by Gasteiger charge is -2.03. The van der Waals surface area contributed by atoms with Crippen LogP contribution >= 0.6 is 0 Å². The molecule has 4 nitrogen and oxygen atoms in total. The Morgan fingerprint density at radius 3 is 2.42 bits per heavy atom. The molecule has 0 spiro atoms. The summed E-state index contributed by atoms with van der Waals surface area (Å²) in [7, 11) is 0. The molecule has 0 radical (unpaired) electrons. The molecule has 0 aliphatic rings. The van der Waals surface area contributed by atoms with E-state index in [-0.39, 0.29) is 4.90 Å². The molecule has 0 N–H and O–H groups in total. The quantitative estimate of drug-likeness (QED) is 0.500. The van der Waals surface area contributed by atoms with E-state index in [1.54, 1.807) is 0 Å². The molecule has 1 aromatic rings. The van der Waals surface area contributed by atoms with E-state index in [1.807, 2.05) is 0 Å². The molecule has 0 aromatic heterocycles. The monoisotopic (exact) mass is 182 g/mol. The van der Waals surface area contributed by atoms with E-state index in [9.17, 15) is 8.76 Å². The summed E-state index contributed by atoms with van der Waals surface area (Å²) in [6.07, 6.45) is 1.48. The van der Waals surface area contributed by atoms with Gasteiger partial charge in [-0.2, -0.15) is 0 Å². The molecule has 0 saturated carbocycles. The van der Waals surface area contributed by atoms with Crippen LogP contribution in [0.5, 0.6) is 5.75 Å². The normalized spacial score (nSPS) is 11.7. The van der Waals surface area contributed by atoms with E-state index in [4.69, 9.17) is 5.26 Å². The molecule has 0 heterocycles. The van der Waals surface area contributed by atoms with E-state index in [0.29, 0.717) is 5.75 Å². The molecule has 0 aliphatic carbocycles. The fourth-order valence-electron chi connectivity index (χ4n) is 0.672. The third-order valence-electron chi connectivity index (χ3n) is 1.18. The number of ether oxygens (including phenoxy) is 1. The summed E-state index contributed by atoms with van der Waals surface area (Å²) in [4.78, 5) is 0.167. The molecule has 1 aromatic carbocycles. The van der Waals surface area contributed by atoms with Crippen LogP contribution in [0.15, 0.2) is 29.2 Å². The van der Waals surface area contributed by atoms with E-state index in [0.717, 1.165) is 0 Å². The van der Waals surface area contributed by atoms with Gasteiger partial charge in [0.25, 0.3) is 6.26 Å². The second-order valence-corrected chi connectivity index (χ2v) is 2.84. The first-order chi connectivity index (χ1) is 5.74. The molecular formula is C7H4NO3S-. The molecule has 0 saturated heterocycles. The minimum atomic E-state index is -2.23. The minimum Gasteiger partial charge on any atom is -0.768 e. The summed E-state index contributed by atoms with van der Waals surface area (Å²) >= 11 is -2.23. The van der Waals surface area contributed by atoms with Crippen LogP contribution in [0.1, 0.15) is 0 Å². The van der Waals surface area contributed by atoms with Gasteiger partial charge in [-0.25, -0.2) is 0 Å². The third-order valence-corrected chi connectivity index (χ3v) is 1.84. The lowest BCUT2D eigenvalue weighted by Crippen LogP contribution is -1.88. The molecule has 0 aliphatic heterocycles. The van der Waals surface area contributed by atoms with Gasteiger partial charge in [0.1, 0.15) is 5.75 Å². The number of rotatable bonds is 2. The van der Waals surface area contributed by atoms with Crippen LogP contribution in [-0.4, -0.2) is 8.76 Å². The van der Waals surface area contributed by atoms with Gasteiger partial charge in [-0.1, -0.05) is 0 Å². The first kappa shape index (κ1) is 8.71. The number of hydrogen-bond acceptors (Lipinski definition) is 4.